The highest BCUT2D eigenvalue weighted by Crippen LogP contribution is 2.14. The SMILES string of the molecule is CCOC(=O)CC#Cc1cc(Br)cnc1N. The zero-order valence-corrected chi connectivity index (χ0v) is 10.4. The second kappa shape index (κ2) is 6.13. The van der Waals surface area contributed by atoms with Gasteiger partial charge in [-0.15, -0.1) is 0 Å². The number of nitrogen functional groups attached to an aromatic ring is 1. The largest absolute Gasteiger partial charge is 0.465 e. The van der Waals surface area contributed by atoms with Crippen LogP contribution in [0.2, 0.25) is 0 Å². The first-order valence-electron chi connectivity index (χ1n) is 4.69. The molecule has 0 atom stereocenters. The van der Waals surface area contributed by atoms with E-state index in [0.29, 0.717) is 18.0 Å². The molecule has 0 saturated carbocycles. The van der Waals surface area contributed by atoms with Crippen LogP contribution in [-0.4, -0.2) is 17.6 Å². The number of nitrogens with zero attached hydrogens (tertiary/aromatic N) is 1. The average molecular weight is 283 g/mol. The van der Waals surface area contributed by atoms with E-state index in [1.807, 2.05) is 0 Å². The number of ether oxygens (including phenoxy) is 1. The van der Waals surface area contributed by atoms with Gasteiger partial charge in [0.15, 0.2) is 0 Å². The minimum Gasteiger partial charge on any atom is -0.465 e. The fourth-order valence-corrected chi connectivity index (χ4v) is 1.30. The molecular formula is C11H11BrN2O2. The van der Waals surface area contributed by atoms with Crippen LogP contribution in [0.1, 0.15) is 18.9 Å². The molecule has 16 heavy (non-hydrogen) atoms. The van der Waals surface area contributed by atoms with Gasteiger partial charge in [0.25, 0.3) is 0 Å². The molecule has 0 saturated heterocycles. The van der Waals surface area contributed by atoms with Crippen LogP contribution >= 0.6 is 15.9 Å². The Kier molecular flexibility index (Phi) is 4.80. The van der Waals surface area contributed by atoms with Gasteiger partial charge in [-0.3, -0.25) is 4.79 Å². The molecule has 0 aliphatic heterocycles. The minimum absolute atomic E-state index is 0.0554. The highest BCUT2D eigenvalue weighted by molar-refractivity contribution is 9.10. The first-order valence-corrected chi connectivity index (χ1v) is 5.48. The van der Waals surface area contributed by atoms with E-state index in [0.717, 1.165) is 4.47 Å². The molecule has 0 bridgehead atoms. The maximum absolute atomic E-state index is 11.0. The fraction of sp³-hybridized carbons (Fsp3) is 0.273. The van der Waals surface area contributed by atoms with Crippen LogP contribution in [0.3, 0.4) is 0 Å². The van der Waals surface area contributed by atoms with Crippen LogP contribution in [0.15, 0.2) is 16.7 Å². The van der Waals surface area contributed by atoms with Crippen molar-refractivity contribution in [3.8, 4) is 11.8 Å². The zero-order valence-electron chi connectivity index (χ0n) is 8.79. The Hall–Kier alpha value is -1.54. The molecule has 0 aliphatic rings. The van der Waals surface area contributed by atoms with Gasteiger partial charge in [-0.25, -0.2) is 4.98 Å². The van der Waals surface area contributed by atoms with Crippen LogP contribution in [0, 0.1) is 11.8 Å². The lowest BCUT2D eigenvalue weighted by Crippen LogP contribution is -2.01. The molecule has 84 valence electrons. The summed E-state index contributed by atoms with van der Waals surface area (Å²) in [7, 11) is 0. The van der Waals surface area contributed by atoms with Crippen LogP contribution in [0.5, 0.6) is 0 Å². The monoisotopic (exact) mass is 282 g/mol. The van der Waals surface area contributed by atoms with Crippen molar-refractivity contribution in [2.24, 2.45) is 0 Å². The van der Waals surface area contributed by atoms with Gasteiger partial charge in [-0.1, -0.05) is 11.8 Å². The number of aromatic nitrogens is 1. The van der Waals surface area contributed by atoms with Crippen LogP contribution < -0.4 is 5.73 Å². The Bertz CT molecular complexity index is 449. The quantitative estimate of drug-likeness (QED) is 0.663. The maximum Gasteiger partial charge on any atom is 0.317 e. The molecule has 0 aliphatic carbocycles. The summed E-state index contributed by atoms with van der Waals surface area (Å²) in [5.74, 6) is 5.47. The first kappa shape index (κ1) is 12.5. The number of hydrogen-bond acceptors (Lipinski definition) is 4. The van der Waals surface area contributed by atoms with Gasteiger partial charge in [-0.05, 0) is 28.9 Å². The first-order chi connectivity index (χ1) is 7.63. The van der Waals surface area contributed by atoms with Crippen molar-refractivity contribution >= 4 is 27.7 Å². The lowest BCUT2D eigenvalue weighted by Gasteiger charge is -1.97. The summed E-state index contributed by atoms with van der Waals surface area (Å²) in [6.45, 7) is 2.11. The van der Waals surface area contributed by atoms with E-state index in [9.17, 15) is 4.79 Å². The average Bonchev–Trinajstić information content (AvgIpc) is 2.23. The molecular weight excluding hydrogens is 272 g/mol. The number of hydrogen-bond donors (Lipinski definition) is 1. The van der Waals surface area contributed by atoms with Gasteiger partial charge in [0.2, 0.25) is 0 Å². The molecule has 1 rings (SSSR count). The molecule has 0 fully saturated rings. The van der Waals surface area contributed by atoms with Crippen molar-refractivity contribution in [3.05, 3.63) is 22.3 Å². The number of pyridine rings is 1. The Balaban J connectivity index is 2.69. The summed E-state index contributed by atoms with van der Waals surface area (Å²) in [5, 5.41) is 0. The molecule has 0 spiro atoms. The van der Waals surface area contributed by atoms with Crippen molar-refractivity contribution < 1.29 is 9.53 Å². The molecule has 0 radical (unpaired) electrons. The third-order valence-corrected chi connectivity index (χ3v) is 2.08. The van der Waals surface area contributed by atoms with Crippen molar-refractivity contribution in [3.63, 3.8) is 0 Å². The van der Waals surface area contributed by atoms with Crippen molar-refractivity contribution in [1.82, 2.24) is 4.98 Å². The minimum atomic E-state index is -0.337. The Labute approximate surface area is 102 Å². The number of carbonyl (C=O) groups excluding carboxylic acids is 1. The third-order valence-electron chi connectivity index (χ3n) is 1.65. The highest BCUT2D eigenvalue weighted by atomic mass is 79.9. The predicted molar refractivity (Wildman–Crippen MR) is 64.5 cm³/mol. The summed E-state index contributed by atoms with van der Waals surface area (Å²) < 4.78 is 5.53. The second-order valence-electron chi connectivity index (χ2n) is 2.87. The van der Waals surface area contributed by atoms with Crippen molar-refractivity contribution in [1.29, 1.82) is 0 Å². The fourth-order valence-electron chi connectivity index (χ4n) is 0.974. The van der Waals surface area contributed by atoms with Gasteiger partial charge in [0, 0.05) is 10.7 Å². The van der Waals surface area contributed by atoms with Crippen molar-refractivity contribution in [2.75, 3.05) is 12.3 Å². The van der Waals surface area contributed by atoms with Crippen LogP contribution in [-0.2, 0) is 9.53 Å². The third kappa shape index (κ3) is 3.91. The van der Waals surface area contributed by atoms with E-state index in [1.54, 1.807) is 19.2 Å². The summed E-state index contributed by atoms with van der Waals surface area (Å²) >= 11 is 3.26. The molecule has 2 N–H and O–H groups in total. The Morgan fingerprint density at radius 3 is 3.12 bits per heavy atom. The van der Waals surface area contributed by atoms with Gasteiger partial charge in [0.05, 0.1) is 12.2 Å². The molecule has 1 heterocycles. The van der Waals surface area contributed by atoms with Crippen LogP contribution in [0.25, 0.3) is 0 Å². The topological polar surface area (TPSA) is 65.2 Å². The van der Waals surface area contributed by atoms with E-state index >= 15 is 0 Å². The predicted octanol–water partition coefficient (Wildman–Crippen LogP) is 1.73. The lowest BCUT2D eigenvalue weighted by atomic mass is 10.2. The molecule has 1 aromatic heterocycles. The van der Waals surface area contributed by atoms with Gasteiger partial charge >= 0.3 is 5.97 Å². The number of esters is 1. The second-order valence-corrected chi connectivity index (χ2v) is 3.79. The molecule has 0 aromatic carbocycles. The van der Waals surface area contributed by atoms with Crippen molar-refractivity contribution in [2.45, 2.75) is 13.3 Å². The summed E-state index contributed by atoms with van der Waals surface area (Å²) in [5.41, 5.74) is 6.21. The number of nitrogens with two attached hydrogens (primary N) is 1. The van der Waals surface area contributed by atoms with Gasteiger partial charge < -0.3 is 10.5 Å². The highest BCUT2D eigenvalue weighted by Gasteiger charge is 1.99. The lowest BCUT2D eigenvalue weighted by molar-refractivity contribution is -0.141. The summed E-state index contributed by atoms with van der Waals surface area (Å²) in [6.07, 6.45) is 1.64. The van der Waals surface area contributed by atoms with E-state index in [4.69, 9.17) is 10.5 Å². The number of carbonyl (C=O) groups is 1. The Morgan fingerprint density at radius 1 is 1.69 bits per heavy atom. The number of rotatable bonds is 2. The molecule has 0 amide bonds. The van der Waals surface area contributed by atoms with Gasteiger partial charge in [-0.2, -0.15) is 0 Å². The Morgan fingerprint density at radius 2 is 2.44 bits per heavy atom. The van der Waals surface area contributed by atoms with E-state index < -0.39 is 0 Å². The molecule has 1 aromatic rings. The summed E-state index contributed by atoms with van der Waals surface area (Å²) in [4.78, 5) is 14.9. The van der Waals surface area contributed by atoms with E-state index in [-0.39, 0.29) is 12.4 Å². The molecule has 5 heteroatoms. The zero-order chi connectivity index (χ0) is 12.0. The summed E-state index contributed by atoms with van der Waals surface area (Å²) in [6, 6.07) is 1.75. The van der Waals surface area contributed by atoms with Crippen LogP contribution in [0.4, 0.5) is 5.82 Å². The van der Waals surface area contributed by atoms with E-state index in [2.05, 4.69) is 32.8 Å². The maximum atomic E-state index is 11.0. The standard InChI is InChI=1S/C11H11BrN2O2/c1-2-16-10(15)5-3-4-8-6-9(12)7-14-11(8)13/h6-7H,2,5H2,1H3,(H2,13,14). The smallest absolute Gasteiger partial charge is 0.317 e. The van der Waals surface area contributed by atoms with Gasteiger partial charge in [0.1, 0.15) is 12.2 Å². The normalized spacial score (nSPS) is 9.12. The number of halogens is 1. The number of anilines is 1. The molecule has 0 unspecified atom stereocenters. The van der Waals surface area contributed by atoms with E-state index in [1.165, 1.54) is 0 Å². The molecule has 4 nitrogen and oxygen atoms in total.